The van der Waals surface area contributed by atoms with Gasteiger partial charge < -0.3 is 14.4 Å². The Bertz CT molecular complexity index is 1330. The number of aliphatic hydroxyl groups excluding tert-OH is 1. The van der Waals surface area contributed by atoms with Crippen LogP contribution in [0.4, 0.5) is 13.2 Å². The SMILES string of the molecule is COc1cc(C=Cc2n[nH]c(C(CCCO)c3cc(F)c(F)c(F)c3)n2)ccc1-n1cnc(C)c1. The van der Waals surface area contributed by atoms with Crippen LogP contribution in [0.15, 0.2) is 42.9 Å². The van der Waals surface area contributed by atoms with Crippen molar-refractivity contribution >= 4 is 12.2 Å². The van der Waals surface area contributed by atoms with Crippen LogP contribution in [0.5, 0.6) is 5.75 Å². The lowest BCUT2D eigenvalue weighted by Crippen LogP contribution is -2.07. The molecule has 0 saturated carbocycles. The summed E-state index contributed by atoms with van der Waals surface area (Å²) < 4.78 is 48.4. The van der Waals surface area contributed by atoms with Crippen molar-refractivity contribution < 1.29 is 23.0 Å². The molecular weight excluding hydrogens is 459 g/mol. The Morgan fingerprint density at radius 1 is 1.14 bits per heavy atom. The molecule has 4 aromatic rings. The molecule has 2 N–H and O–H groups in total. The molecule has 2 heterocycles. The molecule has 0 aliphatic carbocycles. The average molecular weight is 483 g/mol. The highest BCUT2D eigenvalue weighted by Crippen LogP contribution is 2.30. The first-order chi connectivity index (χ1) is 16.9. The van der Waals surface area contributed by atoms with Gasteiger partial charge in [0.05, 0.1) is 24.8 Å². The van der Waals surface area contributed by atoms with Gasteiger partial charge >= 0.3 is 0 Å². The predicted octanol–water partition coefficient (Wildman–Crippen LogP) is 4.80. The predicted molar refractivity (Wildman–Crippen MR) is 125 cm³/mol. The lowest BCUT2D eigenvalue weighted by molar-refractivity contribution is 0.281. The van der Waals surface area contributed by atoms with Gasteiger partial charge in [-0.15, -0.1) is 0 Å². The third-order valence-corrected chi connectivity index (χ3v) is 5.53. The van der Waals surface area contributed by atoms with Crippen molar-refractivity contribution in [2.24, 2.45) is 0 Å². The molecule has 0 amide bonds. The van der Waals surface area contributed by atoms with Crippen LogP contribution < -0.4 is 4.74 Å². The molecule has 0 radical (unpaired) electrons. The molecule has 35 heavy (non-hydrogen) atoms. The average Bonchev–Trinajstić information content (AvgIpc) is 3.50. The number of H-pyrrole nitrogens is 1. The summed E-state index contributed by atoms with van der Waals surface area (Å²) in [4.78, 5) is 8.67. The van der Waals surface area contributed by atoms with E-state index < -0.39 is 23.4 Å². The van der Waals surface area contributed by atoms with Gasteiger partial charge in [0, 0.05) is 18.7 Å². The fourth-order valence-corrected chi connectivity index (χ4v) is 3.79. The van der Waals surface area contributed by atoms with Gasteiger partial charge in [-0.3, -0.25) is 5.10 Å². The summed E-state index contributed by atoms with van der Waals surface area (Å²) in [7, 11) is 1.59. The Kier molecular flexibility index (Phi) is 7.31. The van der Waals surface area contributed by atoms with Crippen molar-refractivity contribution in [2.75, 3.05) is 13.7 Å². The molecule has 182 valence electrons. The second kappa shape index (κ2) is 10.6. The Balaban J connectivity index is 1.58. The maximum Gasteiger partial charge on any atom is 0.194 e. The number of hydrogen-bond acceptors (Lipinski definition) is 5. The number of aryl methyl sites for hydroxylation is 1. The summed E-state index contributed by atoms with van der Waals surface area (Å²) in [6.45, 7) is 1.79. The van der Waals surface area contributed by atoms with Crippen molar-refractivity contribution in [1.29, 1.82) is 0 Å². The number of hydrogen-bond donors (Lipinski definition) is 2. The first kappa shape index (κ1) is 24.2. The van der Waals surface area contributed by atoms with Crippen LogP contribution in [0.1, 0.15) is 47.2 Å². The zero-order valence-corrected chi connectivity index (χ0v) is 19.2. The van der Waals surface area contributed by atoms with E-state index in [1.54, 1.807) is 25.6 Å². The van der Waals surface area contributed by atoms with Gasteiger partial charge in [-0.1, -0.05) is 12.1 Å². The van der Waals surface area contributed by atoms with Crippen LogP contribution >= 0.6 is 0 Å². The molecule has 7 nitrogen and oxygen atoms in total. The Hall–Kier alpha value is -3.92. The molecule has 0 aliphatic rings. The largest absolute Gasteiger partial charge is 0.495 e. The maximum atomic E-state index is 13.8. The third kappa shape index (κ3) is 5.43. The normalized spacial score (nSPS) is 12.4. The van der Waals surface area contributed by atoms with Crippen molar-refractivity contribution in [2.45, 2.75) is 25.7 Å². The van der Waals surface area contributed by atoms with E-state index in [4.69, 9.17) is 4.74 Å². The van der Waals surface area contributed by atoms with E-state index in [0.717, 1.165) is 29.1 Å². The molecule has 0 bridgehead atoms. The summed E-state index contributed by atoms with van der Waals surface area (Å²) in [6.07, 6.45) is 7.80. The molecule has 0 saturated heterocycles. The smallest absolute Gasteiger partial charge is 0.194 e. The number of rotatable bonds is 9. The molecule has 0 aliphatic heterocycles. The minimum absolute atomic E-state index is 0.111. The van der Waals surface area contributed by atoms with Crippen LogP contribution in [0.3, 0.4) is 0 Å². The summed E-state index contributed by atoms with van der Waals surface area (Å²) in [6, 6.07) is 7.56. The first-order valence-corrected chi connectivity index (χ1v) is 10.9. The minimum Gasteiger partial charge on any atom is -0.495 e. The van der Waals surface area contributed by atoms with E-state index in [1.807, 2.05) is 35.9 Å². The van der Waals surface area contributed by atoms with E-state index in [9.17, 15) is 18.3 Å². The Morgan fingerprint density at radius 2 is 1.91 bits per heavy atom. The van der Waals surface area contributed by atoms with E-state index >= 15 is 0 Å². The number of aromatic nitrogens is 5. The third-order valence-electron chi connectivity index (χ3n) is 5.53. The number of methoxy groups -OCH3 is 1. The quantitative estimate of drug-likeness (QED) is 0.334. The van der Waals surface area contributed by atoms with E-state index in [0.29, 0.717) is 30.2 Å². The zero-order chi connectivity index (χ0) is 24.9. The van der Waals surface area contributed by atoms with Gasteiger partial charge in [0.25, 0.3) is 0 Å². The number of aliphatic hydroxyl groups is 1. The molecule has 0 fully saturated rings. The number of halogens is 3. The standard InChI is InChI=1S/C25H24F3N5O2/c1-15-13-33(14-29-15)21-7-5-16(10-22(21)35-2)6-8-23-30-25(32-31-23)18(4-3-9-34)17-11-19(26)24(28)20(27)12-17/h5-8,10-14,18,34H,3-4,9H2,1-2H3,(H,30,31,32). The second-order valence-corrected chi connectivity index (χ2v) is 7.98. The van der Waals surface area contributed by atoms with Crippen molar-refractivity contribution in [1.82, 2.24) is 24.7 Å². The van der Waals surface area contributed by atoms with Gasteiger partial charge in [0.2, 0.25) is 0 Å². The maximum absolute atomic E-state index is 13.8. The van der Waals surface area contributed by atoms with Crippen LogP contribution in [0, 0.1) is 24.4 Å². The summed E-state index contributed by atoms with van der Waals surface area (Å²) in [5.74, 6) is -3.32. The van der Waals surface area contributed by atoms with Crippen LogP contribution in [-0.2, 0) is 0 Å². The monoisotopic (exact) mass is 483 g/mol. The molecule has 2 aromatic heterocycles. The van der Waals surface area contributed by atoms with Crippen molar-refractivity contribution in [3.05, 3.63) is 88.8 Å². The topological polar surface area (TPSA) is 88.9 Å². The highest BCUT2D eigenvalue weighted by atomic mass is 19.2. The first-order valence-electron chi connectivity index (χ1n) is 10.9. The number of benzene rings is 2. The number of imidazole rings is 1. The van der Waals surface area contributed by atoms with E-state index in [1.165, 1.54) is 0 Å². The highest BCUT2D eigenvalue weighted by Gasteiger charge is 2.22. The Labute approximate surface area is 199 Å². The summed E-state index contributed by atoms with van der Waals surface area (Å²) in [5.41, 5.74) is 2.78. The van der Waals surface area contributed by atoms with Gasteiger partial charge in [-0.25, -0.2) is 23.1 Å². The van der Waals surface area contributed by atoms with Crippen LogP contribution in [-0.4, -0.2) is 43.6 Å². The second-order valence-electron chi connectivity index (χ2n) is 7.98. The number of ether oxygens (including phenoxy) is 1. The van der Waals surface area contributed by atoms with Crippen molar-refractivity contribution in [3.63, 3.8) is 0 Å². The molecular formula is C25H24F3N5O2. The number of nitrogens with zero attached hydrogens (tertiary/aromatic N) is 4. The van der Waals surface area contributed by atoms with E-state index in [-0.39, 0.29) is 12.2 Å². The number of aromatic amines is 1. The lowest BCUT2D eigenvalue weighted by Gasteiger charge is -2.14. The molecule has 10 heteroatoms. The minimum atomic E-state index is -1.53. The van der Waals surface area contributed by atoms with Gasteiger partial charge in [0.1, 0.15) is 11.6 Å². The lowest BCUT2D eigenvalue weighted by atomic mass is 9.93. The fraction of sp³-hybridized carbons (Fsp3) is 0.240. The Morgan fingerprint density at radius 3 is 2.57 bits per heavy atom. The van der Waals surface area contributed by atoms with Crippen molar-refractivity contribution in [3.8, 4) is 11.4 Å². The summed E-state index contributed by atoms with van der Waals surface area (Å²) >= 11 is 0. The van der Waals surface area contributed by atoms with Gasteiger partial charge in [-0.05, 0) is 61.2 Å². The van der Waals surface area contributed by atoms with E-state index in [2.05, 4.69) is 20.2 Å². The molecule has 0 spiro atoms. The number of nitrogens with one attached hydrogen (secondary N) is 1. The fourth-order valence-electron chi connectivity index (χ4n) is 3.79. The molecule has 2 aromatic carbocycles. The van der Waals surface area contributed by atoms with Gasteiger partial charge in [0.15, 0.2) is 23.3 Å². The van der Waals surface area contributed by atoms with Crippen LogP contribution in [0.2, 0.25) is 0 Å². The molecule has 1 unspecified atom stereocenters. The summed E-state index contributed by atoms with van der Waals surface area (Å²) in [5, 5.41) is 16.2. The van der Waals surface area contributed by atoms with Crippen LogP contribution in [0.25, 0.3) is 17.8 Å². The zero-order valence-electron chi connectivity index (χ0n) is 19.2. The van der Waals surface area contributed by atoms with Gasteiger partial charge in [-0.2, -0.15) is 5.10 Å². The highest BCUT2D eigenvalue weighted by molar-refractivity contribution is 5.69. The molecule has 1 atom stereocenters. The molecule has 4 rings (SSSR count).